The maximum Gasteiger partial charge on any atom is 0.0723 e. The average Bonchev–Trinajstić information content (AvgIpc) is 1.96. The number of likely N-dealkylation sites (tertiary alicyclic amines) is 1. The first-order chi connectivity index (χ1) is 5.30. The Kier molecular flexibility index (Phi) is 2.23. The molecule has 2 unspecified atom stereocenters. The summed E-state index contributed by atoms with van der Waals surface area (Å²) in [4.78, 5) is 2.19. The number of nitrogens with zero attached hydrogens (tertiary/aromatic N) is 1. The highest BCUT2D eigenvalue weighted by molar-refractivity contribution is 5.02. The van der Waals surface area contributed by atoms with Crippen LogP contribution in [0.15, 0.2) is 0 Å². The van der Waals surface area contributed by atoms with Gasteiger partial charge in [0.25, 0.3) is 0 Å². The Morgan fingerprint density at radius 3 is 2.25 bits per heavy atom. The van der Waals surface area contributed by atoms with Gasteiger partial charge in [0.15, 0.2) is 0 Å². The van der Waals surface area contributed by atoms with Crippen LogP contribution in [0.4, 0.5) is 0 Å². The maximum absolute atomic E-state index is 6.24. The molecule has 0 amide bonds. The molecule has 1 aliphatic heterocycles. The van der Waals surface area contributed by atoms with Gasteiger partial charge in [-0.25, -0.2) is 0 Å². The van der Waals surface area contributed by atoms with Crippen LogP contribution in [-0.4, -0.2) is 30.2 Å². The third-order valence-electron chi connectivity index (χ3n) is 3.80. The van der Waals surface area contributed by atoms with Crippen LogP contribution in [0.25, 0.3) is 0 Å². The molecule has 0 bridgehead atoms. The average molecular weight is 171 g/mol. The minimum Gasteiger partial charge on any atom is -0.327 e. The van der Waals surface area contributed by atoms with Crippen molar-refractivity contribution in [1.82, 2.24) is 4.90 Å². The number of hydrogen-bond donors (Lipinski definition) is 2. The van der Waals surface area contributed by atoms with E-state index in [2.05, 4.69) is 32.7 Å². The monoisotopic (exact) mass is 171 g/mol. The molecule has 0 aromatic rings. The highest BCUT2D eigenvalue weighted by Gasteiger charge is 2.47. The molecule has 0 spiro atoms. The lowest BCUT2D eigenvalue weighted by molar-refractivity contribution is -0.0365. The molecule has 0 aliphatic carbocycles. The van der Waals surface area contributed by atoms with Crippen molar-refractivity contribution in [3.8, 4) is 0 Å². The molecule has 1 rings (SSSR count). The van der Waals surface area contributed by atoms with Gasteiger partial charge in [-0.1, -0.05) is 13.8 Å². The number of piperidine rings is 1. The van der Waals surface area contributed by atoms with Crippen LogP contribution < -0.4 is 11.5 Å². The minimum atomic E-state index is -0.287. The molecule has 1 fully saturated rings. The normalized spacial score (nSPS) is 43.0. The fourth-order valence-electron chi connectivity index (χ4n) is 1.79. The van der Waals surface area contributed by atoms with Gasteiger partial charge in [-0.15, -0.1) is 0 Å². The van der Waals surface area contributed by atoms with E-state index in [1.54, 1.807) is 0 Å². The Bertz CT molecular complexity index is 155. The van der Waals surface area contributed by atoms with E-state index in [1.165, 1.54) is 0 Å². The quantitative estimate of drug-likeness (QED) is 0.553. The summed E-state index contributed by atoms with van der Waals surface area (Å²) in [5, 5.41) is 0. The van der Waals surface area contributed by atoms with Gasteiger partial charge in [-0.2, -0.15) is 0 Å². The van der Waals surface area contributed by atoms with Gasteiger partial charge in [0.1, 0.15) is 0 Å². The lowest BCUT2D eigenvalue weighted by atomic mass is 9.69. The smallest absolute Gasteiger partial charge is 0.0723 e. The summed E-state index contributed by atoms with van der Waals surface area (Å²) in [6, 6.07) is 0.212. The highest BCUT2D eigenvalue weighted by Crippen LogP contribution is 2.38. The standard InChI is InChI=1S/C9H21N3/c1-8(2)7(10)5-6-12(4)9(8,3)11/h7H,5-6,10-11H2,1-4H3. The Hall–Kier alpha value is -0.120. The third-order valence-corrected chi connectivity index (χ3v) is 3.80. The first kappa shape index (κ1) is 9.96. The Morgan fingerprint density at radius 2 is 1.83 bits per heavy atom. The molecular formula is C9H21N3. The van der Waals surface area contributed by atoms with E-state index in [9.17, 15) is 0 Å². The van der Waals surface area contributed by atoms with E-state index in [1.807, 2.05) is 0 Å². The largest absolute Gasteiger partial charge is 0.327 e. The van der Waals surface area contributed by atoms with Crippen molar-refractivity contribution in [2.75, 3.05) is 13.6 Å². The van der Waals surface area contributed by atoms with E-state index in [0.29, 0.717) is 0 Å². The Balaban J connectivity index is 2.92. The van der Waals surface area contributed by atoms with Crippen molar-refractivity contribution in [2.24, 2.45) is 16.9 Å². The predicted molar refractivity (Wildman–Crippen MR) is 51.6 cm³/mol. The van der Waals surface area contributed by atoms with E-state index < -0.39 is 0 Å². The van der Waals surface area contributed by atoms with Crippen LogP contribution in [0.5, 0.6) is 0 Å². The molecule has 3 heteroatoms. The highest BCUT2D eigenvalue weighted by atomic mass is 15.3. The summed E-state index contributed by atoms with van der Waals surface area (Å²) >= 11 is 0. The van der Waals surface area contributed by atoms with Gasteiger partial charge in [-0.05, 0) is 20.4 Å². The third kappa shape index (κ3) is 1.16. The van der Waals surface area contributed by atoms with E-state index >= 15 is 0 Å². The molecule has 4 N–H and O–H groups in total. The van der Waals surface area contributed by atoms with Crippen molar-refractivity contribution in [3.05, 3.63) is 0 Å². The van der Waals surface area contributed by atoms with Gasteiger partial charge in [0, 0.05) is 18.0 Å². The zero-order valence-electron chi connectivity index (χ0n) is 8.59. The van der Waals surface area contributed by atoms with Crippen molar-refractivity contribution in [1.29, 1.82) is 0 Å². The molecule has 12 heavy (non-hydrogen) atoms. The van der Waals surface area contributed by atoms with Crippen molar-refractivity contribution in [3.63, 3.8) is 0 Å². The zero-order valence-corrected chi connectivity index (χ0v) is 8.59. The van der Waals surface area contributed by atoms with Crippen molar-refractivity contribution >= 4 is 0 Å². The fourth-order valence-corrected chi connectivity index (χ4v) is 1.79. The lowest BCUT2D eigenvalue weighted by Crippen LogP contribution is -2.70. The molecule has 0 saturated carbocycles. The Morgan fingerprint density at radius 1 is 1.33 bits per heavy atom. The van der Waals surface area contributed by atoms with Gasteiger partial charge in [0.05, 0.1) is 5.66 Å². The molecular weight excluding hydrogens is 150 g/mol. The first-order valence-electron chi connectivity index (χ1n) is 4.56. The van der Waals surface area contributed by atoms with Crippen molar-refractivity contribution < 1.29 is 0 Å². The molecule has 1 saturated heterocycles. The van der Waals surface area contributed by atoms with Gasteiger partial charge >= 0.3 is 0 Å². The topological polar surface area (TPSA) is 55.3 Å². The van der Waals surface area contributed by atoms with E-state index in [0.717, 1.165) is 13.0 Å². The predicted octanol–water partition coefficient (Wildman–Crippen LogP) is 0.350. The molecule has 3 nitrogen and oxygen atoms in total. The van der Waals surface area contributed by atoms with E-state index in [-0.39, 0.29) is 17.1 Å². The number of nitrogens with two attached hydrogens (primary N) is 2. The molecule has 2 atom stereocenters. The minimum absolute atomic E-state index is 0.0139. The second kappa shape index (κ2) is 2.69. The number of rotatable bonds is 0. The van der Waals surface area contributed by atoms with Crippen LogP contribution in [0.3, 0.4) is 0 Å². The van der Waals surface area contributed by atoms with Crippen LogP contribution in [0.2, 0.25) is 0 Å². The van der Waals surface area contributed by atoms with E-state index in [4.69, 9.17) is 11.5 Å². The van der Waals surface area contributed by atoms with Crippen LogP contribution in [-0.2, 0) is 0 Å². The summed E-state index contributed by atoms with van der Waals surface area (Å²) in [5.41, 5.74) is 12.0. The van der Waals surface area contributed by atoms with Crippen LogP contribution in [0.1, 0.15) is 27.2 Å². The molecule has 0 aromatic heterocycles. The SMILES string of the molecule is CN1CCC(N)C(C)(C)C1(C)N. The summed E-state index contributed by atoms with van der Waals surface area (Å²) in [6.07, 6.45) is 1.04. The lowest BCUT2D eigenvalue weighted by Gasteiger charge is -2.54. The fraction of sp³-hybridized carbons (Fsp3) is 1.00. The van der Waals surface area contributed by atoms with Crippen molar-refractivity contribution in [2.45, 2.75) is 38.9 Å². The van der Waals surface area contributed by atoms with Gasteiger partial charge in [0.2, 0.25) is 0 Å². The molecule has 1 aliphatic rings. The summed E-state index contributed by atoms with van der Waals surface area (Å²) < 4.78 is 0. The maximum atomic E-state index is 6.24. The second-order valence-electron chi connectivity index (χ2n) is 4.69. The summed E-state index contributed by atoms with van der Waals surface area (Å²) in [5.74, 6) is 0. The Labute approximate surface area is 75.1 Å². The first-order valence-corrected chi connectivity index (χ1v) is 4.56. The summed E-state index contributed by atoms with van der Waals surface area (Å²) in [6.45, 7) is 7.35. The number of hydrogen-bond acceptors (Lipinski definition) is 3. The zero-order chi connectivity index (χ0) is 9.57. The molecule has 1 heterocycles. The van der Waals surface area contributed by atoms with Crippen LogP contribution >= 0.6 is 0 Å². The van der Waals surface area contributed by atoms with Gasteiger partial charge in [-0.3, -0.25) is 4.90 Å². The second-order valence-corrected chi connectivity index (χ2v) is 4.69. The van der Waals surface area contributed by atoms with Crippen LogP contribution in [0, 0.1) is 5.41 Å². The molecule has 72 valence electrons. The molecule has 0 radical (unpaired) electrons. The molecule has 0 aromatic carbocycles. The van der Waals surface area contributed by atoms with Gasteiger partial charge < -0.3 is 11.5 Å². The summed E-state index contributed by atoms with van der Waals surface area (Å²) in [7, 11) is 2.06.